The number of nitrogens with one attached hydrogen (secondary N) is 2. The molecule has 1 aromatic carbocycles. The van der Waals surface area contributed by atoms with E-state index >= 15 is 0 Å². The SMILES string of the molecule is O=C(CCOc1ccc(Cl)cc1)NC1CCNC1. The zero-order chi connectivity index (χ0) is 12.8. The molecule has 18 heavy (non-hydrogen) atoms. The third-order valence-corrected chi connectivity index (χ3v) is 3.09. The molecule has 0 saturated carbocycles. The van der Waals surface area contributed by atoms with Gasteiger partial charge in [0.1, 0.15) is 5.75 Å². The third kappa shape index (κ3) is 4.20. The number of hydrogen-bond acceptors (Lipinski definition) is 3. The molecule has 4 nitrogen and oxygen atoms in total. The number of benzene rings is 1. The Balaban J connectivity index is 1.65. The zero-order valence-electron chi connectivity index (χ0n) is 10.1. The molecule has 1 unspecified atom stereocenters. The summed E-state index contributed by atoms with van der Waals surface area (Å²) >= 11 is 5.77. The predicted molar refractivity (Wildman–Crippen MR) is 71.0 cm³/mol. The van der Waals surface area contributed by atoms with Crippen molar-refractivity contribution >= 4 is 17.5 Å². The van der Waals surface area contributed by atoms with Gasteiger partial charge in [0.25, 0.3) is 0 Å². The molecular weight excluding hydrogens is 252 g/mol. The number of carbonyl (C=O) groups excluding carboxylic acids is 1. The minimum atomic E-state index is 0.0395. The molecular formula is C13H17ClN2O2. The van der Waals surface area contributed by atoms with Gasteiger partial charge in [-0.15, -0.1) is 0 Å². The zero-order valence-corrected chi connectivity index (χ0v) is 10.9. The second kappa shape index (κ2) is 6.61. The van der Waals surface area contributed by atoms with Gasteiger partial charge in [0.15, 0.2) is 0 Å². The molecule has 1 aliphatic heterocycles. The fraction of sp³-hybridized carbons (Fsp3) is 0.462. The molecule has 1 saturated heterocycles. The monoisotopic (exact) mass is 268 g/mol. The molecule has 1 heterocycles. The maximum absolute atomic E-state index is 11.6. The van der Waals surface area contributed by atoms with Gasteiger partial charge in [0.2, 0.25) is 5.91 Å². The topological polar surface area (TPSA) is 50.4 Å². The first-order valence-corrected chi connectivity index (χ1v) is 6.50. The van der Waals surface area contributed by atoms with Crippen molar-refractivity contribution in [2.75, 3.05) is 19.7 Å². The molecule has 2 N–H and O–H groups in total. The molecule has 98 valence electrons. The van der Waals surface area contributed by atoms with E-state index < -0.39 is 0 Å². The summed E-state index contributed by atoms with van der Waals surface area (Å²) in [6, 6.07) is 7.39. The molecule has 1 atom stereocenters. The standard InChI is InChI=1S/C13H17ClN2O2/c14-10-1-3-12(4-2-10)18-8-6-13(17)16-11-5-7-15-9-11/h1-4,11,15H,5-9H2,(H,16,17). The first-order chi connectivity index (χ1) is 8.74. The van der Waals surface area contributed by atoms with E-state index in [1.54, 1.807) is 24.3 Å². The van der Waals surface area contributed by atoms with Crippen molar-refractivity contribution in [2.24, 2.45) is 0 Å². The molecule has 0 aromatic heterocycles. The number of rotatable bonds is 5. The van der Waals surface area contributed by atoms with Crippen LogP contribution in [-0.2, 0) is 4.79 Å². The van der Waals surface area contributed by atoms with Crippen LogP contribution in [0.3, 0.4) is 0 Å². The average Bonchev–Trinajstić information content (AvgIpc) is 2.84. The minimum Gasteiger partial charge on any atom is -0.493 e. The molecule has 1 amide bonds. The Morgan fingerprint density at radius 3 is 2.89 bits per heavy atom. The Hall–Kier alpha value is -1.26. The van der Waals surface area contributed by atoms with E-state index in [0.717, 1.165) is 25.3 Å². The van der Waals surface area contributed by atoms with E-state index in [1.165, 1.54) is 0 Å². The lowest BCUT2D eigenvalue weighted by atomic mass is 10.2. The van der Waals surface area contributed by atoms with E-state index in [9.17, 15) is 4.79 Å². The van der Waals surface area contributed by atoms with Gasteiger partial charge in [0.05, 0.1) is 13.0 Å². The average molecular weight is 269 g/mol. The van der Waals surface area contributed by atoms with Gasteiger partial charge in [0, 0.05) is 17.6 Å². The maximum atomic E-state index is 11.6. The first kappa shape index (κ1) is 13.2. The second-order valence-electron chi connectivity index (χ2n) is 4.31. The van der Waals surface area contributed by atoms with E-state index in [2.05, 4.69) is 10.6 Å². The van der Waals surface area contributed by atoms with Crippen molar-refractivity contribution in [2.45, 2.75) is 18.9 Å². The molecule has 0 radical (unpaired) electrons. The van der Waals surface area contributed by atoms with Crippen LogP contribution in [0.4, 0.5) is 0 Å². The molecule has 1 aromatic rings. The number of carbonyl (C=O) groups is 1. The molecule has 1 fully saturated rings. The fourth-order valence-corrected chi connectivity index (χ4v) is 2.00. The van der Waals surface area contributed by atoms with E-state index in [4.69, 9.17) is 16.3 Å². The van der Waals surface area contributed by atoms with Crippen LogP contribution in [0, 0.1) is 0 Å². The fourth-order valence-electron chi connectivity index (χ4n) is 1.87. The lowest BCUT2D eigenvalue weighted by Crippen LogP contribution is -2.36. The lowest BCUT2D eigenvalue weighted by molar-refractivity contribution is -0.122. The predicted octanol–water partition coefficient (Wildman–Crippen LogP) is 1.59. The Morgan fingerprint density at radius 2 is 2.22 bits per heavy atom. The molecule has 0 bridgehead atoms. The molecule has 5 heteroatoms. The number of hydrogen-bond donors (Lipinski definition) is 2. The van der Waals surface area contributed by atoms with Gasteiger partial charge >= 0.3 is 0 Å². The van der Waals surface area contributed by atoms with Crippen LogP contribution in [-0.4, -0.2) is 31.6 Å². The van der Waals surface area contributed by atoms with Gasteiger partial charge in [-0.25, -0.2) is 0 Å². The van der Waals surface area contributed by atoms with Crippen molar-refractivity contribution in [3.8, 4) is 5.75 Å². The third-order valence-electron chi connectivity index (χ3n) is 2.84. The lowest BCUT2D eigenvalue weighted by Gasteiger charge is -2.11. The normalized spacial score (nSPS) is 18.6. The van der Waals surface area contributed by atoms with Crippen LogP contribution in [0.25, 0.3) is 0 Å². The van der Waals surface area contributed by atoms with E-state index in [1.807, 2.05) is 0 Å². The van der Waals surface area contributed by atoms with Crippen LogP contribution >= 0.6 is 11.6 Å². The number of amides is 1. The van der Waals surface area contributed by atoms with E-state index in [-0.39, 0.29) is 11.9 Å². The summed E-state index contributed by atoms with van der Waals surface area (Å²) in [6.45, 7) is 2.23. The highest BCUT2D eigenvalue weighted by Gasteiger charge is 2.16. The summed E-state index contributed by atoms with van der Waals surface area (Å²) in [7, 11) is 0. The van der Waals surface area contributed by atoms with Crippen molar-refractivity contribution in [1.29, 1.82) is 0 Å². The van der Waals surface area contributed by atoms with Crippen LogP contribution in [0.2, 0.25) is 5.02 Å². The van der Waals surface area contributed by atoms with Gasteiger partial charge in [-0.3, -0.25) is 4.79 Å². The Labute approximate surface area is 112 Å². The molecule has 2 rings (SSSR count). The summed E-state index contributed by atoms with van der Waals surface area (Å²) in [5, 5.41) is 6.85. The Morgan fingerprint density at radius 1 is 1.44 bits per heavy atom. The van der Waals surface area contributed by atoms with Crippen molar-refractivity contribution < 1.29 is 9.53 Å². The van der Waals surface area contributed by atoms with Gasteiger partial charge in [-0.05, 0) is 37.2 Å². The van der Waals surface area contributed by atoms with Crippen molar-refractivity contribution in [3.63, 3.8) is 0 Å². The van der Waals surface area contributed by atoms with Gasteiger partial charge in [-0.2, -0.15) is 0 Å². The van der Waals surface area contributed by atoms with Crippen molar-refractivity contribution in [1.82, 2.24) is 10.6 Å². The van der Waals surface area contributed by atoms with Crippen LogP contribution in [0.1, 0.15) is 12.8 Å². The molecule has 1 aliphatic rings. The summed E-state index contributed by atoms with van der Waals surface area (Å²) < 4.78 is 5.46. The number of ether oxygens (including phenoxy) is 1. The van der Waals surface area contributed by atoms with Gasteiger partial charge < -0.3 is 15.4 Å². The molecule has 0 spiro atoms. The summed E-state index contributed by atoms with van der Waals surface area (Å²) in [6.07, 6.45) is 1.38. The van der Waals surface area contributed by atoms with Crippen LogP contribution in [0.5, 0.6) is 5.75 Å². The van der Waals surface area contributed by atoms with Gasteiger partial charge in [-0.1, -0.05) is 11.6 Å². The highest BCUT2D eigenvalue weighted by molar-refractivity contribution is 6.30. The largest absolute Gasteiger partial charge is 0.493 e. The van der Waals surface area contributed by atoms with Crippen LogP contribution in [0.15, 0.2) is 24.3 Å². The first-order valence-electron chi connectivity index (χ1n) is 6.12. The highest BCUT2D eigenvalue weighted by Crippen LogP contribution is 2.15. The highest BCUT2D eigenvalue weighted by atomic mass is 35.5. The minimum absolute atomic E-state index is 0.0395. The summed E-state index contributed by atoms with van der Waals surface area (Å²) in [5.41, 5.74) is 0. The summed E-state index contributed by atoms with van der Waals surface area (Å²) in [5.74, 6) is 0.771. The second-order valence-corrected chi connectivity index (χ2v) is 4.75. The Bertz CT molecular complexity index is 388. The number of halogens is 1. The summed E-state index contributed by atoms with van der Waals surface area (Å²) in [4.78, 5) is 11.6. The molecule has 0 aliphatic carbocycles. The smallest absolute Gasteiger partial charge is 0.223 e. The van der Waals surface area contributed by atoms with E-state index in [0.29, 0.717) is 18.1 Å². The quantitative estimate of drug-likeness (QED) is 0.853. The Kier molecular flexibility index (Phi) is 4.84. The van der Waals surface area contributed by atoms with Crippen LogP contribution < -0.4 is 15.4 Å². The maximum Gasteiger partial charge on any atom is 0.223 e. The van der Waals surface area contributed by atoms with Crippen molar-refractivity contribution in [3.05, 3.63) is 29.3 Å².